The van der Waals surface area contributed by atoms with Gasteiger partial charge >= 0.3 is 0 Å². The van der Waals surface area contributed by atoms with Crippen LogP contribution in [0.25, 0.3) is 0 Å². The fraction of sp³-hybridized carbons (Fsp3) is 0.100. The van der Waals surface area contributed by atoms with Crippen molar-refractivity contribution in [1.29, 1.82) is 0 Å². The van der Waals surface area contributed by atoms with E-state index in [2.05, 4.69) is 15.9 Å². The van der Waals surface area contributed by atoms with Crippen molar-refractivity contribution < 1.29 is 4.79 Å². The molecule has 0 unspecified atom stereocenters. The number of carbonyl (C=O) groups excluding carboxylic acids is 1. The average Bonchev–Trinajstić information content (AvgIpc) is 2.77. The number of thiophene rings is 2. The maximum atomic E-state index is 11.8. The predicted octanol–water partition coefficient (Wildman–Crippen LogP) is 4.65. The Bertz CT molecular complexity index is 489. The van der Waals surface area contributed by atoms with Gasteiger partial charge in [0.05, 0.1) is 9.21 Å². The number of ketones is 1. The molecule has 2 heterocycles. The minimum absolute atomic E-state index is 0.120. The van der Waals surface area contributed by atoms with Crippen LogP contribution in [0.3, 0.4) is 0 Å². The molecule has 0 aromatic carbocycles. The van der Waals surface area contributed by atoms with Crippen molar-refractivity contribution in [2.24, 2.45) is 0 Å². The highest BCUT2D eigenvalue weighted by Crippen LogP contribution is 2.27. The third kappa shape index (κ3) is 2.69. The molecule has 0 spiro atoms. The molecule has 0 N–H and O–H groups in total. The quantitative estimate of drug-likeness (QED) is 0.752. The largest absolute Gasteiger partial charge is 0.293 e. The van der Waals surface area contributed by atoms with E-state index in [4.69, 9.17) is 11.6 Å². The van der Waals surface area contributed by atoms with E-state index >= 15 is 0 Å². The minimum Gasteiger partial charge on any atom is -0.293 e. The van der Waals surface area contributed by atoms with Crippen LogP contribution in [0.2, 0.25) is 4.34 Å². The van der Waals surface area contributed by atoms with Crippen molar-refractivity contribution in [1.82, 2.24) is 0 Å². The summed E-state index contributed by atoms with van der Waals surface area (Å²) in [5.74, 6) is 0.120. The average molecular weight is 322 g/mol. The van der Waals surface area contributed by atoms with E-state index in [1.807, 2.05) is 11.4 Å². The van der Waals surface area contributed by atoms with Gasteiger partial charge in [-0.3, -0.25) is 4.79 Å². The third-order valence-corrected chi connectivity index (χ3v) is 5.06. The van der Waals surface area contributed by atoms with Gasteiger partial charge in [-0.2, -0.15) is 0 Å². The first-order valence-electron chi connectivity index (χ1n) is 4.17. The maximum Gasteiger partial charge on any atom is 0.178 e. The van der Waals surface area contributed by atoms with Crippen LogP contribution >= 0.6 is 50.2 Å². The number of halogens is 2. The summed E-state index contributed by atoms with van der Waals surface area (Å²) in [5, 5.41) is 1.97. The summed E-state index contributed by atoms with van der Waals surface area (Å²) in [6.07, 6.45) is 0.440. The van der Waals surface area contributed by atoms with E-state index in [1.54, 1.807) is 23.5 Å². The second-order valence-corrected chi connectivity index (χ2v) is 6.47. The van der Waals surface area contributed by atoms with Gasteiger partial charge in [0.1, 0.15) is 0 Å². The lowest BCUT2D eigenvalue weighted by atomic mass is 10.2. The van der Waals surface area contributed by atoms with E-state index in [0.717, 1.165) is 14.2 Å². The lowest BCUT2D eigenvalue weighted by Crippen LogP contribution is -1.99. The molecule has 0 atom stereocenters. The maximum absolute atomic E-state index is 11.8. The normalized spacial score (nSPS) is 10.5. The second kappa shape index (κ2) is 4.78. The molecule has 0 saturated heterocycles. The van der Waals surface area contributed by atoms with Gasteiger partial charge in [-0.15, -0.1) is 22.7 Å². The zero-order chi connectivity index (χ0) is 10.8. The van der Waals surface area contributed by atoms with E-state index in [1.165, 1.54) is 11.3 Å². The van der Waals surface area contributed by atoms with E-state index in [0.29, 0.717) is 10.8 Å². The van der Waals surface area contributed by atoms with E-state index < -0.39 is 0 Å². The molecule has 78 valence electrons. The molecule has 2 aromatic heterocycles. The summed E-state index contributed by atoms with van der Waals surface area (Å²) >= 11 is 12.1. The number of carbonyl (C=O) groups is 1. The van der Waals surface area contributed by atoms with Crippen molar-refractivity contribution in [3.63, 3.8) is 0 Å². The molecule has 0 radical (unpaired) electrons. The summed E-state index contributed by atoms with van der Waals surface area (Å²) in [7, 11) is 0. The second-order valence-electron chi connectivity index (χ2n) is 2.90. The lowest BCUT2D eigenvalue weighted by Gasteiger charge is -1.95. The molecular weight excluding hydrogens is 316 g/mol. The number of rotatable bonds is 3. The Labute approximate surface area is 109 Å². The Morgan fingerprint density at radius 3 is 2.73 bits per heavy atom. The Balaban J connectivity index is 2.14. The van der Waals surface area contributed by atoms with Crippen LogP contribution in [0, 0.1) is 0 Å². The molecule has 0 saturated carbocycles. The van der Waals surface area contributed by atoms with Gasteiger partial charge in [-0.05, 0) is 39.5 Å². The first kappa shape index (κ1) is 11.3. The summed E-state index contributed by atoms with van der Waals surface area (Å²) < 4.78 is 1.66. The summed E-state index contributed by atoms with van der Waals surface area (Å²) in [6.45, 7) is 0. The molecule has 1 nitrogen and oxygen atoms in total. The zero-order valence-corrected chi connectivity index (χ0v) is 11.5. The predicted molar refractivity (Wildman–Crippen MR) is 69.4 cm³/mol. The smallest absolute Gasteiger partial charge is 0.178 e. The monoisotopic (exact) mass is 320 g/mol. The van der Waals surface area contributed by atoms with Gasteiger partial charge in [0, 0.05) is 15.8 Å². The standard InChI is InChI=1S/C10H6BrClOS2/c11-6-3-4-14-9(6)5-7(13)8-1-2-10(12)15-8/h1-4H,5H2. The fourth-order valence-corrected chi connectivity index (χ4v) is 3.62. The van der Waals surface area contributed by atoms with Crippen molar-refractivity contribution in [3.05, 3.63) is 42.1 Å². The summed E-state index contributed by atoms with van der Waals surface area (Å²) in [4.78, 5) is 13.6. The highest BCUT2D eigenvalue weighted by Gasteiger charge is 2.12. The van der Waals surface area contributed by atoms with Crippen LogP contribution in [0.4, 0.5) is 0 Å². The first-order chi connectivity index (χ1) is 7.16. The molecule has 15 heavy (non-hydrogen) atoms. The molecular formula is C10H6BrClOS2. The van der Waals surface area contributed by atoms with Crippen LogP contribution in [-0.4, -0.2) is 5.78 Å². The molecule has 5 heteroatoms. The zero-order valence-electron chi connectivity index (χ0n) is 7.50. The molecule has 0 aliphatic rings. The molecule has 2 rings (SSSR count). The van der Waals surface area contributed by atoms with Crippen LogP contribution in [0.1, 0.15) is 14.5 Å². The fourth-order valence-electron chi connectivity index (χ4n) is 1.15. The van der Waals surface area contributed by atoms with Crippen molar-refractivity contribution >= 4 is 56.0 Å². The van der Waals surface area contributed by atoms with Crippen LogP contribution in [0.15, 0.2) is 28.1 Å². The molecule has 0 amide bonds. The SMILES string of the molecule is O=C(Cc1sccc1Br)c1ccc(Cl)s1. The highest BCUT2D eigenvalue weighted by molar-refractivity contribution is 9.10. The molecule has 0 fully saturated rings. The molecule has 0 aliphatic carbocycles. The minimum atomic E-state index is 0.120. The number of hydrogen-bond acceptors (Lipinski definition) is 3. The van der Waals surface area contributed by atoms with E-state index in [-0.39, 0.29) is 5.78 Å². The van der Waals surface area contributed by atoms with Crippen LogP contribution in [-0.2, 0) is 6.42 Å². The van der Waals surface area contributed by atoms with Gasteiger partial charge in [0.25, 0.3) is 0 Å². The first-order valence-corrected chi connectivity index (χ1v) is 7.04. The summed E-state index contributed by atoms with van der Waals surface area (Å²) in [5.41, 5.74) is 0. The Morgan fingerprint density at radius 2 is 2.20 bits per heavy atom. The van der Waals surface area contributed by atoms with Crippen molar-refractivity contribution in [3.8, 4) is 0 Å². The van der Waals surface area contributed by atoms with E-state index in [9.17, 15) is 4.79 Å². The number of hydrogen-bond donors (Lipinski definition) is 0. The van der Waals surface area contributed by atoms with Gasteiger partial charge < -0.3 is 0 Å². The Kier molecular flexibility index (Phi) is 3.61. The summed E-state index contributed by atoms with van der Waals surface area (Å²) in [6, 6.07) is 5.48. The van der Waals surface area contributed by atoms with Crippen LogP contribution in [0.5, 0.6) is 0 Å². The van der Waals surface area contributed by atoms with Gasteiger partial charge in [0.15, 0.2) is 5.78 Å². The topological polar surface area (TPSA) is 17.1 Å². The van der Waals surface area contributed by atoms with Gasteiger partial charge in [0.2, 0.25) is 0 Å². The van der Waals surface area contributed by atoms with Gasteiger partial charge in [-0.1, -0.05) is 11.6 Å². The lowest BCUT2D eigenvalue weighted by molar-refractivity contribution is 0.0997. The van der Waals surface area contributed by atoms with Crippen molar-refractivity contribution in [2.45, 2.75) is 6.42 Å². The molecule has 2 aromatic rings. The van der Waals surface area contributed by atoms with Crippen molar-refractivity contribution in [2.75, 3.05) is 0 Å². The number of Topliss-reactive ketones (excluding diaryl/α,β-unsaturated/α-hetero) is 1. The molecule has 0 bridgehead atoms. The Morgan fingerprint density at radius 1 is 1.40 bits per heavy atom. The van der Waals surface area contributed by atoms with Crippen LogP contribution < -0.4 is 0 Å². The van der Waals surface area contributed by atoms with Gasteiger partial charge in [-0.25, -0.2) is 0 Å². The molecule has 0 aliphatic heterocycles. The third-order valence-electron chi connectivity index (χ3n) is 1.86. The Hall–Kier alpha value is -0.160. The highest BCUT2D eigenvalue weighted by atomic mass is 79.9.